The minimum atomic E-state index is -2.41. The zero-order valence-corrected chi connectivity index (χ0v) is 11.3. The fourth-order valence-corrected chi connectivity index (χ4v) is 2.13. The second-order valence-electron chi connectivity index (χ2n) is 3.75. The second-order valence-corrected chi connectivity index (χ2v) is 4.55. The summed E-state index contributed by atoms with van der Waals surface area (Å²) in [5.74, 6) is 0.994. The number of fused-ring (bicyclic) bond motifs is 1. The Balaban J connectivity index is 2.44. The van der Waals surface area contributed by atoms with Gasteiger partial charge in [-0.2, -0.15) is 14.6 Å². The van der Waals surface area contributed by atoms with Crippen molar-refractivity contribution in [2.75, 3.05) is 23.3 Å². The molecule has 2 heterocycles. The van der Waals surface area contributed by atoms with Crippen LogP contribution in [0.15, 0.2) is 12.4 Å². The molecule has 0 N–H and O–H groups in total. The van der Waals surface area contributed by atoms with Crippen LogP contribution in [0, 0.1) is 6.92 Å². The van der Waals surface area contributed by atoms with E-state index in [4.69, 9.17) is 0 Å². The van der Waals surface area contributed by atoms with Crippen molar-refractivity contribution in [1.29, 1.82) is 0 Å². The smallest absolute Gasteiger partial charge is 0.255 e. The minimum Gasteiger partial charge on any atom is -0.350 e. The normalized spacial score (nSPS) is 11.4. The maximum absolute atomic E-state index is 12.6. The Labute approximate surface area is 111 Å². The van der Waals surface area contributed by atoms with Gasteiger partial charge in [0.25, 0.3) is 12.2 Å². The molecule has 0 fully saturated rings. The molecule has 0 saturated carbocycles. The number of hydrogen-bond acceptors (Lipinski definition) is 4. The number of anilines is 1. The van der Waals surface area contributed by atoms with Gasteiger partial charge in [-0.05, 0) is 6.92 Å². The highest BCUT2D eigenvalue weighted by atomic mass is 79.9. The van der Waals surface area contributed by atoms with Crippen LogP contribution >= 0.6 is 15.9 Å². The Morgan fingerprint density at radius 1 is 1.50 bits per heavy atom. The largest absolute Gasteiger partial charge is 0.350 e. The van der Waals surface area contributed by atoms with Gasteiger partial charge >= 0.3 is 0 Å². The molecule has 0 spiro atoms. The monoisotopic (exact) mass is 319 g/mol. The Kier molecular flexibility index (Phi) is 4.05. The second kappa shape index (κ2) is 5.55. The third kappa shape index (κ3) is 2.74. The fourth-order valence-electron chi connectivity index (χ4n) is 1.70. The summed E-state index contributed by atoms with van der Waals surface area (Å²) in [6.07, 6.45) is -1.05. The van der Waals surface area contributed by atoms with Gasteiger partial charge in [0.2, 0.25) is 0 Å². The third-order valence-electron chi connectivity index (χ3n) is 2.40. The fraction of sp³-hybridized carbons (Fsp3) is 0.500. The van der Waals surface area contributed by atoms with Gasteiger partial charge in [0.15, 0.2) is 0 Å². The predicted octanol–water partition coefficient (Wildman–Crippen LogP) is 1.90. The van der Waals surface area contributed by atoms with Crippen molar-refractivity contribution in [3.8, 4) is 0 Å². The van der Waals surface area contributed by atoms with Gasteiger partial charge in [-0.15, -0.1) is 0 Å². The molecule has 0 aliphatic carbocycles. The van der Waals surface area contributed by atoms with Crippen molar-refractivity contribution in [2.45, 2.75) is 13.3 Å². The van der Waals surface area contributed by atoms with Crippen molar-refractivity contribution in [1.82, 2.24) is 19.6 Å². The predicted molar refractivity (Wildman–Crippen MR) is 67.5 cm³/mol. The van der Waals surface area contributed by atoms with E-state index in [2.05, 4.69) is 31.0 Å². The minimum absolute atomic E-state index is 0.343. The molecule has 0 radical (unpaired) electrons. The molecule has 8 heteroatoms. The lowest BCUT2D eigenvalue weighted by Crippen LogP contribution is -2.32. The van der Waals surface area contributed by atoms with Crippen molar-refractivity contribution in [3.05, 3.63) is 18.1 Å². The summed E-state index contributed by atoms with van der Waals surface area (Å²) in [6, 6.07) is 1.73. The van der Waals surface area contributed by atoms with Gasteiger partial charge in [-0.25, -0.2) is 13.8 Å². The van der Waals surface area contributed by atoms with E-state index in [9.17, 15) is 8.78 Å². The summed E-state index contributed by atoms with van der Waals surface area (Å²) in [5.41, 5.74) is 0.722. The standard InChI is InChI=1S/C10H12BrF2N5/c1-7-4-9(17(3-2-11)5-8(12)13)18-10(16-7)14-6-15-18/h4,6,8H,2-3,5H2,1H3. The lowest BCUT2D eigenvalue weighted by molar-refractivity contribution is 0.155. The van der Waals surface area contributed by atoms with E-state index in [0.29, 0.717) is 23.5 Å². The van der Waals surface area contributed by atoms with Crippen molar-refractivity contribution in [2.24, 2.45) is 0 Å². The molecule has 2 rings (SSSR count). The van der Waals surface area contributed by atoms with E-state index in [1.165, 1.54) is 10.8 Å². The zero-order chi connectivity index (χ0) is 13.1. The highest BCUT2D eigenvalue weighted by molar-refractivity contribution is 9.09. The molecule has 0 saturated heterocycles. The summed E-state index contributed by atoms with van der Waals surface area (Å²) in [4.78, 5) is 9.72. The highest BCUT2D eigenvalue weighted by Crippen LogP contribution is 2.17. The van der Waals surface area contributed by atoms with Gasteiger partial charge in [0, 0.05) is 23.6 Å². The molecular weight excluding hydrogens is 308 g/mol. The first kappa shape index (κ1) is 13.1. The molecule has 2 aromatic rings. The number of nitrogens with zero attached hydrogens (tertiary/aromatic N) is 5. The molecule has 0 bridgehead atoms. The van der Waals surface area contributed by atoms with Gasteiger partial charge < -0.3 is 4.90 Å². The van der Waals surface area contributed by atoms with Gasteiger partial charge in [-0.3, -0.25) is 0 Å². The van der Waals surface area contributed by atoms with Crippen molar-refractivity contribution in [3.63, 3.8) is 0 Å². The van der Waals surface area contributed by atoms with Crippen molar-refractivity contribution >= 4 is 27.5 Å². The molecule has 0 aliphatic heterocycles. The molecule has 0 aliphatic rings. The molecule has 5 nitrogen and oxygen atoms in total. The summed E-state index contributed by atoms with van der Waals surface area (Å²) in [5, 5.41) is 4.61. The first-order valence-electron chi connectivity index (χ1n) is 5.38. The molecule has 18 heavy (non-hydrogen) atoms. The van der Waals surface area contributed by atoms with E-state index in [1.54, 1.807) is 17.9 Å². The number of hydrogen-bond donors (Lipinski definition) is 0. The summed E-state index contributed by atoms with van der Waals surface area (Å²) < 4.78 is 26.7. The molecule has 98 valence electrons. The highest BCUT2D eigenvalue weighted by Gasteiger charge is 2.16. The van der Waals surface area contributed by atoms with Gasteiger partial charge in [0.1, 0.15) is 12.1 Å². The summed E-state index contributed by atoms with van der Waals surface area (Å²) in [6.45, 7) is 1.92. The summed E-state index contributed by atoms with van der Waals surface area (Å²) in [7, 11) is 0. The molecule has 0 atom stereocenters. The van der Waals surface area contributed by atoms with E-state index >= 15 is 0 Å². The lowest BCUT2D eigenvalue weighted by atomic mass is 10.4. The third-order valence-corrected chi connectivity index (χ3v) is 2.75. The van der Waals surface area contributed by atoms with E-state index in [0.717, 1.165) is 5.69 Å². The zero-order valence-electron chi connectivity index (χ0n) is 9.72. The average Bonchev–Trinajstić information content (AvgIpc) is 2.74. The van der Waals surface area contributed by atoms with Crippen LogP contribution in [0.2, 0.25) is 0 Å². The molecule has 0 amide bonds. The maximum Gasteiger partial charge on any atom is 0.255 e. The van der Waals surface area contributed by atoms with Crippen LogP contribution in [-0.4, -0.2) is 44.4 Å². The lowest BCUT2D eigenvalue weighted by Gasteiger charge is -2.23. The Morgan fingerprint density at radius 2 is 2.28 bits per heavy atom. The average molecular weight is 320 g/mol. The first-order valence-corrected chi connectivity index (χ1v) is 6.50. The van der Waals surface area contributed by atoms with Crippen molar-refractivity contribution < 1.29 is 8.78 Å². The quantitative estimate of drug-likeness (QED) is 0.790. The van der Waals surface area contributed by atoms with Crippen LogP contribution in [0.5, 0.6) is 0 Å². The molecule has 0 unspecified atom stereocenters. The van der Waals surface area contributed by atoms with E-state index in [1.807, 2.05) is 0 Å². The van der Waals surface area contributed by atoms with E-state index < -0.39 is 6.43 Å². The Morgan fingerprint density at radius 3 is 2.94 bits per heavy atom. The Bertz CT molecular complexity index is 530. The van der Waals surface area contributed by atoms with Crippen LogP contribution in [0.25, 0.3) is 5.78 Å². The Hall–Kier alpha value is -1.31. The molecular formula is C10H12BrF2N5. The number of aromatic nitrogens is 4. The van der Waals surface area contributed by atoms with Crippen LogP contribution in [-0.2, 0) is 0 Å². The van der Waals surface area contributed by atoms with Gasteiger partial charge in [0.05, 0.1) is 6.54 Å². The number of alkyl halides is 3. The summed E-state index contributed by atoms with van der Waals surface area (Å²) >= 11 is 3.26. The van der Waals surface area contributed by atoms with Crippen LogP contribution in [0.1, 0.15) is 5.69 Å². The SMILES string of the molecule is Cc1cc(N(CCBr)CC(F)F)n2ncnc2n1. The van der Waals surface area contributed by atoms with E-state index in [-0.39, 0.29) is 6.54 Å². The first-order chi connectivity index (χ1) is 8.61. The van der Waals surface area contributed by atoms with Crippen LogP contribution in [0.3, 0.4) is 0 Å². The topological polar surface area (TPSA) is 46.3 Å². The molecule has 0 aromatic carbocycles. The van der Waals surface area contributed by atoms with Crippen LogP contribution in [0.4, 0.5) is 14.6 Å². The van der Waals surface area contributed by atoms with Crippen LogP contribution < -0.4 is 4.90 Å². The maximum atomic E-state index is 12.6. The molecule has 2 aromatic heterocycles. The van der Waals surface area contributed by atoms with Gasteiger partial charge in [-0.1, -0.05) is 15.9 Å². The number of halogens is 3. The number of aryl methyl sites for hydroxylation is 1. The number of rotatable bonds is 5.